The zero-order valence-corrected chi connectivity index (χ0v) is 17.1. The van der Waals surface area contributed by atoms with Crippen LogP contribution in [-0.2, 0) is 0 Å². The maximum absolute atomic E-state index is 14.3. The van der Waals surface area contributed by atoms with E-state index < -0.39 is 11.6 Å². The molecule has 0 aliphatic rings. The third-order valence-electron chi connectivity index (χ3n) is 4.81. The first-order valence-corrected chi connectivity index (χ1v) is 9.58. The third-order valence-corrected chi connectivity index (χ3v) is 4.81. The van der Waals surface area contributed by atoms with E-state index in [1.807, 2.05) is 0 Å². The Labute approximate surface area is 192 Å². The highest BCUT2D eigenvalue weighted by molar-refractivity contribution is 5.70. The molecule has 0 saturated carbocycles. The van der Waals surface area contributed by atoms with Crippen molar-refractivity contribution in [3.63, 3.8) is 0 Å². The van der Waals surface area contributed by atoms with Crippen LogP contribution in [0.3, 0.4) is 0 Å². The molecule has 7 nitrogen and oxygen atoms in total. The van der Waals surface area contributed by atoms with Crippen molar-refractivity contribution in [1.29, 1.82) is 21.0 Å². The molecule has 0 atom stereocenters. The number of benzene rings is 3. The number of hydrogen-bond acceptors (Lipinski definition) is 7. The lowest BCUT2D eigenvalue weighted by molar-refractivity contribution is 0.620. The van der Waals surface area contributed by atoms with Gasteiger partial charge in [-0.3, -0.25) is 0 Å². The molecule has 1 aromatic heterocycles. The monoisotopic (exact) mass is 445 g/mol. The Kier molecular flexibility index (Phi) is 5.70. The summed E-state index contributed by atoms with van der Waals surface area (Å²) < 4.78 is 28.5. The Hall–Kier alpha value is -5.51. The van der Waals surface area contributed by atoms with Crippen molar-refractivity contribution in [1.82, 2.24) is 15.0 Å². The van der Waals surface area contributed by atoms with Gasteiger partial charge < -0.3 is 0 Å². The van der Waals surface area contributed by atoms with Crippen LogP contribution in [0.1, 0.15) is 22.3 Å². The fourth-order valence-electron chi connectivity index (χ4n) is 3.18. The van der Waals surface area contributed by atoms with Crippen LogP contribution in [0.5, 0.6) is 0 Å². The van der Waals surface area contributed by atoms with Crippen molar-refractivity contribution < 1.29 is 8.78 Å². The van der Waals surface area contributed by atoms with Crippen molar-refractivity contribution in [3.05, 3.63) is 88.5 Å². The number of rotatable bonds is 3. The Morgan fingerprint density at radius 2 is 0.824 bits per heavy atom. The predicted molar refractivity (Wildman–Crippen MR) is 115 cm³/mol. The molecule has 4 aromatic rings. The van der Waals surface area contributed by atoms with E-state index in [4.69, 9.17) is 0 Å². The van der Waals surface area contributed by atoms with E-state index in [9.17, 15) is 29.8 Å². The summed E-state index contributed by atoms with van der Waals surface area (Å²) in [5, 5.41) is 37.1. The van der Waals surface area contributed by atoms with Crippen molar-refractivity contribution >= 4 is 0 Å². The molecule has 0 amide bonds. The summed E-state index contributed by atoms with van der Waals surface area (Å²) in [6.45, 7) is 0. The Balaban J connectivity index is 2.03. The van der Waals surface area contributed by atoms with Crippen molar-refractivity contribution in [3.8, 4) is 58.4 Å². The maximum Gasteiger partial charge on any atom is 0.164 e. The van der Waals surface area contributed by atoms with E-state index in [-0.39, 0.29) is 50.9 Å². The Morgan fingerprint density at radius 3 is 1.15 bits per heavy atom. The molecule has 3 aromatic carbocycles. The minimum absolute atomic E-state index is 0.0122. The van der Waals surface area contributed by atoms with E-state index in [2.05, 4.69) is 15.0 Å². The van der Waals surface area contributed by atoms with Gasteiger partial charge in [-0.1, -0.05) is 30.3 Å². The van der Waals surface area contributed by atoms with Crippen LogP contribution in [-0.4, -0.2) is 15.0 Å². The first kappa shape index (κ1) is 21.7. The molecule has 158 valence electrons. The van der Waals surface area contributed by atoms with Crippen LogP contribution in [0.25, 0.3) is 34.2 Å². The maximum atomic E-state index is 14.3. The van der Waals surface area contributed by atoms with Gasteiger partial charge in [-0.2, -0.15) is 21.0 Å². The van der Waals surface area contributed by atoms with Crippen molar-refractivity contribution in [2.75, 3.05) is 0 Å². The van der Waals surface area contributed by atoms with Gasteiger partial charge in [0, 0.05) is 16.7 Å². The minimum Gasteiger partial charge on any atom is -0.208 e. The van der Waals surface area contributed by atoms with Gasteiger partial charge in [-0.05, 0) is 24.3 Å². The smallest absolute Gasteiger partial charge is 0.164 e. The predicted octanol–water partition coefficient (Wildman–Crippen LogP) is 4.64. The van der Waals surface area contributed by atoms with Gasteiger partial charge in [0.25, 0.3) is 0 Å². The third kappa shape index (κ3) is 3.89. The lowest BCUT2D eigenvalue weighted by Crippen LogP contribution is -2.02. The van der Waals surface area contributed by atoms with Gasteiger partial charge >= 0.3 is 0 Å². The lowest BCUT2D eigenvalue weighted by Gasteiger charge is -2.10. The molecule has 0 aliphatic carbocycles. The van der Waals surface area contributed by atoms with Gasteiger partial charge in [-0.25, -0.2) is 23.7 Å². The average molecular weight is 445 g/mol. The summed E-state index contributed by atoms with van der Waals surface area (Å²) in [5.41, 5.74) is -0.499. The number of halogens is 2. The summed E-state index contributed by atoms with van der Waals surface area (Å²) in [5.74, 6) is -1.69. The highest BCUT2D eigenvalue weighted by atomic mass is 19.1. The SMILES string of the molecule is N#Cc1cc(-c2nc(-c3ccccc3)nc(-c3cc(C#N)c(F)c(C#N)c3)n2)cc(C#N)c1F. The molecule has 0 aliphatic heterocycles. The van der Waals surface area contributed by atoms with E-state index >= 15 is 0 Å². The standard InChI is InChI=1S/C25H9F2N7/c26-21-17(10-28)6-15(7-18(21)11-29)24-32-23(14-4-2-1-3-5-14)33-25(34-24)16-8-19(12-30)22(27)20(9-16)13-31/h1-9H. The van der Waals surface area contributed by atoms with Gasteiger partial charge in [0.2, 0.25) is 0 Å². The molecule has 0 radical (unpaired) electrons. The molecule has 9 heteroatoms. The first-order chi connectivity index (χ1) is 16.5. The summed E-state index contributed by atoms with van der Waals surface area (Å²) in [4.78, 5) is 13.2. The number of hydrogen-bond donors (Lipinski definition) is 0. The van der Waals surface area contributed by atoms with Crippen LogP contribution >= 0.6 is 0 Å². The van der Waals surface area contributed by atoms with E-state index in [1.54, 1.807) is 54.6 Å². The Morgan fingerprint density at radius 1 is 0.500 bits per heavy atom. The summed E-state index contributed by atoms with van der Waals surface area (Å²) in [6.07, 6.45) is 0. The van der Waals surface area contributed by atoms with E-state index in [0.29, 0.717) is 5.56 Å². The van der Waals surface area contributed by atoms with E-state index in [1.165, 1.54) is 24.3 Å². The molecule has 34 heavy (non-hydrogen) atoms. The quantitative estimate of drug-likeness (QED) is 0.448. The van der Waals surface area contributed by atoms with Crippen molar-refractivity contribution in [2.24, 2.45) is 0 Å². The molecule has 1 heterocycles. The summed E-state index contributed by atoms with van der Waals surface area (Å²) >= 11 is 0. The molecule has 4 rings (SSSR count). The zero-order chi connectivity index (χ0) is 24.2. The topological polar surface area (TPSA) is 134 Å². The van der Waals surface area contributed by atoms with Crippen LogP contribution in [0, 0.1) is 57.0 Å². The van der Waals surface area contributed by atoms with Gasteiger partial charge in [0.15, 0.2) is 29.1 Å². The second-order valence-electron chi connectivity index (χ2n) is 6.89. The van der Waals surface area contributed by atoms with Gasteiger partial charge in [-0.15, -0.1) is 0 Å². The summed E-state index contributed by atoms with van der Waals surface area (Å²) in [6, 6.07) is 20.4. The molecule has 0 fully saturated rings. The van der Waals surface area contributed by atoms with Crippen molar-refractivity contribution in [2.45, 2.75) is 0 Å². The highest BCUT2D eigenvalue weighted by Gasteiger charge is 2.18. The molecule has 0 spiro atoms. The largest absolute Gasteiger partial charge is 0.208 e. The van der Waals surface area contributed by atoms with Gasteiger partial charge in [0.05, 0.1) is 22.3 Å². The minimum atomic E-state index is -0.956. The Bertz CT molecular complexity index is 1450. The highest BCUT2D eigenvalue weighted by Crippen LogP contribution is 2.28. The lowest BCUT2D eigenvalue weighted by atomic mass is 10.0. The van der Waals surface area contributed by atoms with Gasteiger partial charge in [0.1, 0.15) is 24.3 Å². The van der Waals surface area contributed by atoms with Crippen LogP contribution in [0.15, 0.2) is 54.6 Å². The molecule has 0 bridgehead atoms. The number of aromatic nitrogens is 3. The fourth-order valence-corrected chi connectivity index (χ4v) is 3.18. The molecular formula is C25H9F2N7. The van der Waals surface area contributed by atoms with E-state index in [0.717, 1.165) is 0 Å². The normalized spacial score (nSPS) is 9.94. The molecule has 0 saturated heterocycles. The summed E-state index contributed by atoms with van der Waals surface area (Å²) in [7, 11) is 0. The van der Waals surface area contributed by atoms with Crippen LogP contribution < -0.4 is 0 Å². The number of nitriles is 4. The average Bonchev–Trinajstić information content (AvgIpc) is 2.89. The zero-order valence-electron chi connectivity index (χ0n) is 17.1. The second kappa shape index (κ2) is 8.93. The molecule has 0 unspecified atom stereocenters. The van der Waals surface area contributed by atoms with Crippen LogP contribution in [0.4, 0.5) is 8.78 Å². The molecule has 0 N–H and O–H groups in total. The fraction of sp³-hybridized carbons (Fsp3) is 0. The molecular weight excluding hydrogens is 436 g/mol. The first-order valence-electron chi connectivity index (χ1n) is 9.58. The number of nitrogens with zero attached hydrogens (tertiary/aromatic N) is 7. The second-order valence-corrected chi connectivity index (χ2v) is 6.89. The van der Waals surface area contributed by atoms with Crippen LogP contribution in [0.2, 0.25) is 0 Å².